The van der Waals surface area contributed by atoms with Crippen LogP contribution in [0.5, 0.6) is 0 Å². The molecule has 0 bridgehead atoms. The maximum Gasteiger partial charge on any atom is 0.323 e. The Bertz CT molecular complexity index is 1080. The van der Waals surface area contributed by atoms with Crippen molar-refractivity contribution in [2.24, 2.45) is 5.92 Å². The van der Waals surface area contributed by atoms with Crippen molar-refractivity contribution >= 4 is 23.3 Å². The molecule has 0 aromatic heterocycles. The Labute approximate surface area is 218 Å². The molecule has 8 nitrogen and oxygen atoms in total. The second kappa shape index (κ2) is 12.8. The maximum atomic E-state index is 13.9. The number of carbonyl (C=O) groups excluding carboxylic acids is 2. The van der Waals surface area contributed by atoms with E-state index in [2.05, 4.69) is 5.32 Å². The fourth-order valence-corrected chi connectivity index (χ4v) is 5.57. The largest absolute Gasteiger partial charge is 0.465 e. The number of anilines is 1. The molecule has 0 spiro atoms. The van der Waals surface area contributed by atoms with Gasteiger partial charge < -0.3 is 9.64 Å². The van der Waals surface area contributed by atoms with Gasteiger partial charge in [-0.05, 0) is 55.7 Å². The highest BCUT2D eigenvalue weighted by Gasteiger charge is 2.34. The molecule has 0 saturated heterocycles. The summed E-state index contributed by atoms with van der Waals surface area (Å²) in [6.45, 7) is 2.39. The summed E-state index contributed by atoms with van der Waals surface area (Å²) in [6.07, 6.45) is 9.08. The number of nitro groups is 1. The number of esters is 1. The Morgan fingerprint density at radius 3 is 2.54 bits per heavy atom. The number of para-hydroxylation sites is 1. The average Bonchev–Trinajstić information content (AvgIpc) is 3.04. The molecule has 1 amide bonds. The van der Waals surface area contributed by atoms with Crippen LogP contribution in [0.2, 0.25) is 0 Å². The van der Waals surface area contributed by atoms with Crippen molar-refractivity contribution in [2.45, 2.75) is 83.3 Å². The van der Waals surface area contributed by atoms with Gasteiger partial charge in [0.1, 0.15) is 6.04 Å². The maximum absolute atomic E-state index is 13.9. The van der Waals surface area contributed by atoms with Crippen molar-refractivity contribution in [3.05, 3.63) is 69.8 Å². The standard InChI is InChI=1S/C29H37N3O5/c1-2-37-29(34)26(18-14-21-8-4-3-5-9-21)30-25-19-15-23-10-6-7-11-27(23)31(28(25)33)20-22-12-16-24(17-13-22)32(35)36/h6-7,10-13,16-17,21,25-26,30H,2-5,8-9,14-15,18-20H2,1H3/t25?,26-/m1/s1. The first kappa shape index (κ1) is 26.8. The monoisotopic (exact) mass is 507 g/mol. The summed E-state index contributed by atoms with van der Waals surface area (Å²) in [5, 5.41) is 14.4. The van der Waals surface area contributed by atoms with Crippen LogP contribution in [0.1, 0.15) is 69.4 Å². The third kappa shape index (κ3) is 6.95. The molecule has 1 fully saturated rings. The van der Waals surface area contributed by atoms with Crippen LogP contribution in [0.15, 0.2) is 48.5 Å². The van der Waals surface area contributed by atoms with E-state index in [1.807, 2.05) is 24.3 Å². The van der Waals surface area contributed by atoms with Gasteiger partial charge in [-0.25, -0.2) is 0 Å². The number of non-ortho nitro benzene ring substituents is 1. The third-order valence-electron chi connectivity index (χ3n) is 7.60. The number of benzene rings is 2. The summed E-state index contributed by atoms with van der Waals surface area (Å²) >= 11 is 0. The number of hydrogen-bond donors (Lipinski definition) is 1. The highest BCUT2D eigenvalue weighted by Crippen LogP contribution is 2.30. The van der Waals surface area contributed by atoms with Crippen LogP contribution in [0.3, 0.4) is 0 Å². The van der Waals surface area contributed by atoms with Gasteiger partial charge in [0.2, 0.25) is 5.91 Å². The van der Waals surface area contributed by atoms with E-state index in [-0.39, 0.29) is 24.1 Å². The first-order valence-corrected chi connectivity index (χ1v) is 13.5. The minimum atomic E-state index is -0.536. The van der Waals surface area contributed by atoms with E-state index in [1.165, 1.54) is 44.2 Å². The van der Waals surface area contributed by atoms with E-state index in [0.717, 1.165) is 23.2 Å². The summed E-state index contributed by atoms with van der Waals surface area (Å²) in [5.41, 5.74) is 2.72. The molecule has 1 unspecified atom stereocenters. The normalized spacial score (nSPS) is 19.1. The Balaban J connectivity index is 1.53. The van der Waals surface area contributed by atoms with Gasteiger partial charge in [0.15, 0.2) is 0 Å². The van der Waals surface area contributed by atoms with Gasteiger partial charge in [-0.3, -0.25) is 25.0 Å². The van der Waals surface area contributed by atoms with Crippen molar-refractivity contribution in [3.63, 3.8) is 0 Å². The molecule has 37 heavy (non-hydrogen) atoms. The minimum Gasteiger partial charge on any atom is -0.465 e. The molecule has 2 aliphatic rings. The topological polar surface area (TPSA) is 102 Å². The second-order valence-electron chi connectivity index (χ2n) is 10.1. The molecular weight excluding hydrogens is 470 g/mol. The number of rotatable bonds is 10. The lowest BCUT2D eigenvalue weighted by molar-refractivity contribution is -0.384. The molecular formula is C29H37N3O5. The Hall–Kier alpha value is -3.26. The quantitative estimate of drug-likeness (QED) is 0.265. The zero-order valence-electron chi connectivity index (χ0n) is 21.6. The van der Waals surface area contributed by atoms with Crippen LogP contribution in [-0.4, -0.2) is 35.5 Å². The molecule has 4 rings (SSSR count). The Kier molecular flexibility index (Phi) is 9.28. The smallest absolute Gasteiger partial charge is 0.323 e. The van der Waals surface area contributed by atoms with Crippen LogP contribution in [0, 0.1) is 16.0 Å². The number of fused-ring (bicyclic) bond motifs is 1. The SMILES string of the molecule is CCOC(=O)[C@@H](CCC1CCCCC1)NC1CCc2ccccc2N(Cc2ccc([N+](=O)[O-])cc2)C1=O. The summed E-state index contributed by atoms with van der Waals surface area (Å²) in [6, 6.07) is 13.1. The van der Waals surface area contributed by atoms with E-state index in [9.17, 15) is 19.7 Å². The zero-order chi connectivity index (χ0) is 26.2. The first-order chi connectivity index (χ1) is 18.0. The Morgan fingerprint density at radius 1 is 1.11 bits per heavy atom. The highest BCUT2D eigenvalue weighted by molar-refractivity contribution is 5.99. The molecule has 1 saturated carbocycles. The summed E-state index contributed by atoms with van der Waals surface area (Å²) < 4.78 is 5.39. The lowest BCUT2D eigenvalue weighted by atomic mass is 9.85. The van der Waals surface area contributed by atoms with Gasteiger partial charge in [0.25, 0.3) is 5.69 Å². The molecule has 1 heterocycles. The number of ether oxygens (including phenoxy) is 1. The molecule has 1 aliphatic carbocycles. The fourth-order valence-electron chi connectivity index (χ4n) is 5.57. The molecule has 2 atom stereocenters. The summed E-state index contributed by atoms with van der Waals surface area (Å²) in [5.74, 6) is 0.227. The van der Waals surface area contributed by atoms with Crippen molar-refractivity contribution in [2.75, 3.05) is 11.5 Å². The van der Waals surface area contributed by atoms with E-state index >= 15 is 0 Å². The second-order valence-corrected chi connectivity index (χ2v) is 10.1. The number of amides is 1. The Morgan fingerprint density at radius 2 is 1.84 bits per heavy atom. The van der Waals surface area contributed by atoms with E-state index < -0.39 is 17.0 Å². The fraction of sp³-hybridized carbons (Fsp3) is 0.517. The average molecular weight is 508 g/mol. The zero-order valence-corrected chi connectivity index (χ0v) is 21.6. The molecule has 198 valence electrons. The van der Waals surface area contributed by atoms with Gasteiger partial charge in [-0.1, -0.05) is 62.4 Å². The lowest BCUT2D eigenvalue weighted by Gasteiger charge is -2.29. The van der Waals surface area contributed by atoms with Gasteiger partial charge in [-0.15, -0.1) is 0 Å². The van der Waals surface area contributed by atoms with Crippen LogP contribution in [0.4, 0.5) is 11.4 Å². The molecule has 1 N–H and O–H groups in total. The van der Waals surface area contributed by atoms with Crippen LogP contribution in [-0.2, 0) is 27.3 Å². The highest BCUT2D eigenvalue weighted by atomic mass is 16.6. The molecule has 8 heteroatoms. The predicted octanol–water partition coefficient (Wildman–Crippen LogP) is 5.32. The predicted molar refractivity (Wildman–Crippen MR) is 142 cm³/mol. The van der Waals surface area contributed by atoms with Crippen molar-refractivity contribution < 1.29 is 19.2 Å². The summed E-state index contributed by atoms with van der Waals surface area (Å²) in [7, 11) is 0. The van der Waals surface area contributed by atoms with Gasteiger partial charge in [0, 0.05) is 17.8 Å². The van der Waals surface area contributed by atoms with Crippen molar-refractivity contribution in [3.8, 4) is 0 Å². The number of nitro benzene ring substituents is 1. The van der Waals surface area contributed by atoms with Crippen LogP contribution >= 0.6 is 0 Å². The van der Waals surface area contributed by atoms with Crippen molar-refractivity contribution in [1.29, 1.82) is 0 Å². The number of carbonyl (C=O) groups is 2. The van der Waals surface area contributed by atoms with E-state index in [4.69, 9.17) is 4.74 Å². The molecule has 2 aromatic rings. The van der Waals surface area contributed by atoms with Gasteiger partial charge in [0.05, 0.1) is 24.1 Å². The van der Waals surface area contributed by atoms with E-state index in [0.29, 0.717) is 31.8 Å². The van der Waals surface area contributed by atoms with Gasteiger partial charge >= 0.3 is 5.97 Å². The number of nitrogens with one attached hydrogen (secondary N) is 1. The van der Waals surface area contributed by atoms with Crippen LogP contribution < -0.4 is 10.2 Å². The van der Waals surface area contributed by atoms with Crippen molar-refractivity contribution in [1.82, 2.24) is 5.32 Å². The minimum absolute atomic E-state index is 0.0149. The first-order valence-electron chi connectivity index (χ1n) is 13.5. The summed E-state index contributed by atoms with van der Waals surface area (Å²) in [4.78, 5) is 39.2. The number of hydrogen-bond acceptors (Lipinski definition) is 6. The number of aryl methyl sites for hydroxylation is 1. The molecule has 0 radical (unpaired) electrons. The molecule has 2 aromatic carbocycles. The van der Waals surface area contributed by atoms with Crippen LogP contribution in [0.25, 0.3) is 0 Å². The van der Waals surface area contributed by atoms with Gasteiger partial charge in [-0.2, -0.15) is 0 Å². The van der Waals surface area contributed by atoms with E-state index in [1.54, 1.807) is 24.0 Å². The third-order valence-corrected chi connectivity index (χ3v) is 7.60. The molecule has 1 aliphatic heterocycles. The lowest BCUT2D eigenvalue weighted by Crippen LogP contribution is -2.52. The number of nitrogens with zero attached hydrogens (tertiary/aromatic N) is 2.